The van der Waals surface area contributed by atoms with Gasteiger partial charge in [0.2, 0.25) is 5.91 Å². The van der Waals surface area contributed by atoms with Crippen LogP contribution in [0.4, 0.5) is 0 Å². The molecule has 0 aliphatic carbocycles. The van der Waals surface area contributed by atoms with Gasteiger partial charge in [-0.05, 0) is 13.8 Å². The molecule has 15 heavy (non-hydrogen) atoms. The lowest BCUT2D eigenvalue weighted by atomic mass is 10.3. The van der Waals surface area contributed by atoms with Crippen LogP contribution in [0.15, 0.2) is 0 Å². The topological polar surface area (TPSA) is 73.6 Å². The number of rotatable bonds is 8. The molecule has 5 nitrogen and oxygen atoms in total. The van der Waals surface area contributed by atoms with Gasteiger partial charge in [0.05, 0.1) is 26.4 Å². The second-order valence-electron chi connectivity index (χ2n) is 3.73. The predicted molar refractivity (Wildman–Crippen MR) is 58.6 cm³/mol. The minimum atomic E-state index is -0.0423. The minimum absolute atomic E-state index is 0.0379. The van der Waals surface area contributed by atoms with Gasteiger partial charge in [-0.2, -0.15) is 0 Å². The molecule has 90 valence electrons. The molecule has 0 aromatic heterocycles. The number of amides is 1. The van der Waals surface area contributed by atoms with E-state index in [1.54, 1.807) is 0 Å². The molecule has 2 atom stereocenters. The zero-order valence-corrected chi connectivity index (χ0v) is 9.79. The van der Waals surface area contributed by atoms with Crippen LogP contribution in [-0.4, -0.2) is 44.4 Å². The Hall–Kier alpha value is -0.650. The SMILES string of the molecule is CC(=O)NC(C)COCCOCC(C)N. The van der Waals surface area contributed by atoms with Crippen molar-refractivity contribution in [3.05, 3.63) is 0 Å². The first-order valence-corrected chi connectivity index (χ1v) is 5.20. The predicted octanol–water partition coefficient (Wildman–Crippen LogP) is -0.109. The molecule has 0 fully saturated rings. The summed E-state index contributed by atoms with van der Waals surface area (Å²) in [5, 5.41) is 2.73. The van der Waals surface area contributed by atoms with Crippen LogP contribution in [0.5, 0.6) is 0 Å². The van der Waals surface area contributed by atoms with Gasteiger partial charge in [-0.15, -0.1) is 0 Å². The average Bonchev–Trinajstić information content (AvgIpc) is 2.09. The van der Waals surface area contributed by atoms with Crippen molar-refractivity contribution in [2.75, 3.05) is 26.4 Å². The summed E-state index contributed by atoms with van der Waals surface area (Å²) in [6.45, 7) is 7.38. The van der Waals surface area contributed by atoms with Crippen molar-refractivity contribution < 1.29 is 14.3 Å². The fourth-order valence-corrected chi connectivity index (χ4v) is 1.04. The van der Waals surface area contributed by atoms with Crippen LogP contribution < -0.4 is 11.1 Å². The number of ether oxygens (including phenoxy) is 2. The van der Waals surface area contributed by atoms with Crippen molar-refractivity contribution in [3.8, 4) is 0 Å². The summed E-state index contributed by atoms with van der Waals surface area (Å²) >= 11 is 0. The quantitative estimate of drug-likeness (QED) is 0.558. The van der Waals surface area contributed by atoms with E-state index in [9.17, 15) is 4.79 Å². The fourth-order valence-electron chi connectivity index (χ4n) is 1.04. The molecule has 1 amide bonds. The molecule has 0 radical (unpaired) electrons. The Morgan fingerprint density at radius 1 is 1.27 bits per heavy atom. The molecular weight excluding hydrogens is 196 g/mol. The molecule has 2 unspecified atom stereocenters. The first-order chi connectivity index (χ1) is 7.02. The molecular formula is C10H22N2O3. The maximum atomic E-state index is 10.7. The Bertz CT molecular complexity index is 174. The van der Waals surface area contributed by atoms with Gasteiger partial charge < -0.3 is 20.5 Å². The molecule has 3 N–H and O–H groups in total. The Kier molecular flexibility index (Phi) is 8.27. The maximum absolute atomic E-state index is 10.7. The van der Waals surface area contributed by atoms with Crippen molar-refractivity contribution in [1.82, 2.24) is 5.32 Å². The van der Waals surface area contributed by atoms with Crippen LogP contribution in [0.1, 0.15) is 20.8 Å². The smallest absolute Gasteiger partial charge is 0.217 e. The van der Waals surface area contributed by atoms with E-state index in [0.717, 1.165) is 0 Å². The number of carbonyl (C=O) groups excluding carboxylic acids is 1. The summed E-state index contributed by atoms with van der Waals surface area (Å²) in [7, 11) is 0. The molecule has 0 heterocycles. The van der Waals surface area contributed by atoms with Gasteiger partial charge in [-0.1, -0.05) is 0 Å². The van der Waals surface area contributed by atoms with E-state index in [2.05, 4.69) is 5.32 Å². The van der Waals surface area contributed by atoms with Crippen LogP contribution in [0.2, 0.25) is 0 Å². The monoisotopic (exact) mass is 218 g/mol. The van der Waals surface area contributed by atoms with E-state index in [1.165, 1.54) is 6.92 Å². The molecule has 0 aromatic rings. The van der Waals surface area contributed by atoms with E-state index in [0.29, 0.717) is 26.4 Å². The number of hydrogen-bond acceptors (Lipinski definition) is 4. The fraction of sp³-hybridized carbons (Fsp3) is 0.900. The largest absolute Gasteiger partial charge is 0.377 e. The lowest BCUT2D eigenvalue weighted by molar-refractivity contribution is -0.120. The van der Waals surface area contributed by atoms with Crippen LogP contribution in [0.25, 0.3) is 0 Å². The highest BCUT2D eigenvalue weighted by Crippen LogP contribution is 1.86. The third kappa shape index (κ3) is 11.3. The van der Waals surface area contributed by atoms with E-state index in [1.807, 2.05) is 13.8 Å². The van der Waals surface area contributed by atoms with E-state index < -0.39 is 0 Å². The van der Waals surface area contributed by atoms with Crippen molar-refractivity contribution in [3.63, 3.8) is 0 Å². The molecule has 0 saturated carbocycles. The van der Waals surface area contributed by atoms with Gasteiger partial charge in [0.1, 0.15) is 0 Å². The van der Waals surface area contributed by atoms with Crippen LogP contribution in [0, 0.1) is 0 Å². The third-order valence-electron chi connectivity index (χ3n) is 1.57. The summed E-state index contributed by atoms with van der Waals surface area (Å²) in [6.07, 6.45) is 0. The highest BCUT2D eigenvalue weighted by molar-refractivity contribution is 5.73. The highest BCUT2D eigenvalue weighted by Gasteiger charge is 2.02. The lowest BCUT2D eigenvalue weighted by Crippen LogP contribution is -2.34. The molecule has 0 spiro atoms. The number of nitrogens with two attached hydrogens (primary N) is 1. The normalized spacial score (nSPS) is 14.7. The zero-order valence-electron chi connectivity index (χ0n) is 9.79. The maximum Gasteiger partial charge on any atom is 0.217 e. The van der Waals surface area contributed by atoms with E-state index in [4.69, 9.17) is 15.2 Å². The lowest BCUT2D eigenvalue weighted by Gasteiger charge is -2.13. The molecule has 0 saturated heterocycles. The second kappa shape index (κ2) is 8.64. The van der Waals surface area contributed by atoms with Gasteiger partial charge in [-0.3, -0.25) is 4.79 Å². The van der Waals surface area contributed by atoms with Crippen LogP contribution >= 0.6 is 0 Å². The van der Waals surface area contributed by atoms with Crippen LogP contribution in [0.3, 0.4) is 0 Å². The van der Waals surface area contributed by atoms with E-state index in [-0.39, 0.29) is 18.0 Å². The first-order valence-electron chi connectivity index (χ1n) is 5.20. The van der Waals surface area contributed by atoms with Gasteiger partial charge in [-0.25, -0.2) is 0 Å². The summed E-state index contributed by atoms with van der Waals surface area (Å²) < 4.78 is 10.5. The van der Waals surface area contributed by atoms with Crippen molar-refractivity contribution in [1.29, 1.82) is 0 Å². The summed E-state index contributed by atoms with van der Waals surface area (Å²) in [6, 6.07) is 0.0965. The standard InChI is InChI=1S/C10H22N2O3/c1-8(11)6-14-4-5-15-7-9(2)12-10(3)13/h8-9H,4-7,11H2,1-3H3,(H,12,13). The first kappa shape index (κ1) is 14.3. The van der Waals surface area contributed by atoms with Gasteiger partial charge >= 0.3 is 0 Å². The molecule has 0 aliphatic heterocycles. The van der Waals surface area contributed by atoms with Crippen LogP contribution in [-0.2, 0) is 14.3 Å². The number of hydrogen-bond donors (Lipinski definition) is 2. The molecule has 0 rings (SSSR count). The second-order valence-corrected chi connectivity index (χ2v) is 3.73. The third-order valence-corrected chi connectivity index (χ3v) is 1.57. The zero-order chi connectivity index (χ0) is 11.7. The molecule has 0 aliphatic rings. The van der Waals surface area contributed by atoms with Crippen molar-refractivity contribution in [2.45, 2.75) is 32.9 Å². The Morgan fingerprint density at radius 3 is 2.27 bits per heavy atom. The summed E-state index contributed by atoms with van der Waals surface area (Å²) in [4.78, 5) is 10.7. The highest BCUT2D eigenvalue weighted by atomic mass is 16.5. The average molecular weight is 218 g/mol. The minimum Gasteiger partial charge on any atom is -0.377 e. The Balaban J connectivity index is 3.20. The molecule has 5 heteroatoms. The summed E-state index contributed by atoms with van der Waals surface area (Å²) in [5.74, 6) is -0.0423. The number of nitrogens with one attached hydrogen (secondary N) is 1. The van der Waals surface area contributed by atoms with Crippen molar-refractivity contribution in [2.24, 2.45) is 5.73 Å². The number of carbonyl (C=O) groups is 1. The molecule has 0 bridgehead atoms. The van der Waals surface area contributed by atoms with Gasteiger partial charge in [0.25, 0.3) is 0 Å². The molecule has 0 aromatic carbocycles. The van der Waals surface area contributed by atoms with Gasteiger partial charge in [0.15, 0.2) is 0 Å². The Morgan fingerprint density at radius 2 is 1.80 bits per heavy atom. The van der Waals surface area contributed by atoms with Gasteiger partial charge in [0, 0.05) is 19.0 Å². The Labute approximate surface area is 91.3 Å². The summed E-state index contributed by atoms with van der Waals surface area (Å²) in [5.41, 5.74) is 5.50. The van der Waals surface area contributed by atoms with Crippen molar-refractivity contribution >= 4 is 5.91 Å². The van der Waals surface area contributed by atoms with E-state index >= 15 is 0 Å².